The number of benzene rings is 2. The van der Waals surface area contributed by atoms with Gasteiger partial charge in [-0.3, -0.25) is 9.79 Å². The van der Waals surface area contributed by atoms with Gasteiger partial charge in [0.15, 0.2) is 0 Å². The van der Waals surface area contributed by atoms with Gasteiger partial charge in [0.05, 0.1) is 13.1 Å². The molecule has 3 aromatic rings. The summed E-state index contributed by atoms with van der Waals surface area (Å²) in [5.41, 5.74) is 12.4. The molecule has 0 saturated carbocycles. The quantitative estimate of drug-likeness (QED) is 0.520. The van der Waals surface area contributed by atoms with Gasteiger partial charge >= 0.3 is 0 Å². The summed E-state index contributed by atoms with van der Waals surface area (Å²) in [6.07, 6.45) is 4.26. The van der Waals surface area contributed by atoms with Crippen LogP contribution in [0, 0.1) is 5.92 Å². The largest absolute Gasteiger partial charge is 0.384 e. The van der Waals surface area contributed by atoms with Crippen molar-refractivity contribution in [2.24, 2.45) is 16.6 Å². The first-order valence-corrected chi connectivity index (χ1v) is 11.8. The van der Waals surface area contributed by atoms with Crippen LogP contribution in [0.3, 0.4) is 0 Å². The summed E-state index contributed by atoms with van der Waals surface area (Å²) in [7, 11) is 0. The molecule has 5 rings (SSSR count). The Morgan fingerprint density at radius 1 is 1.12 bits per heavy atom. The van der Waals surface area contributed by atoms with Crippen LogP contribution in [0.4, 0.5) is 5.69 Å². The molecule has 0 aliphatic carbocycles. The minimum atomic E-state index is -0.0447. The van der Waals surface area contributed by atoms with Gasteiger partial charge in [-0.1, -0.05) is 23.7 Å². The van der Waals surface area contributed by atoms with Crippen LogP contribution in [0.25, 0.3) is 11.1 Å². The van der Waals surface area contributed by atoms with Gasteiger partial charge in [-0.2, -0.15) is 0 Å². The van der Waals surface area contributed by atoms with Crippen molar-refractivity contribution >= 4 is 23.1 Å². The first-order chi connectivity index (χ1) is 16.1. The summed E-state index contributed by atoms with van der Waals surface area (Å²) in [5, 5.41) is 7.74. The van der Waals surface area contributed by atoms with E-state index in [0.29, 0.717) is 29.9 Å². The zero-order valence-electron chi connectivity index (χ0n) is 18.5. The van der Waals surface area contributed by atoms with Crippen LogP contribution in [0.1, 0.15) is 29.5 Å². The lowest BCUT2D eigenvalue weighted by Gasteiger charge is -2.24. The Morgan fingerprint density at radius 3 is 2.79 bits per heavy atom. The Bertz CT molecular complexity index is 1260. The molecule has 2 aromatic carbocycles. The van der Waals surface area contributed by atoms with Crippen molar-refractivity contribution in [3.8, 4) is 11.1 Å². The Morgan fingerprint density at radius 2 is 1.97 bits per heavy atom. The second kappa shape index (κ2) is 9.41. The lowest BCUT2D eigenvalue weighted by Crippen LogP contribution is -2.31. The normalized spacial score (nSPS) is 15.8. The Hall–Kier alpha value is -3.09. The minimum absolute atomic E-state index is 0.0447. The predicted molar refractivity (Wildman–Crippen MR) is 135 cm³/mol. The summed E-state index contributed by atoms with van der Waals surface area (Å²) in [5.74, 6) is 1.24. The molecule has 0 amide bonds. The number of aromatic nitrogens is 1. The highest BCUT2D eigenvalue weighted by molar-refractivity contribution is 6.30. The standard InChI is InChI=1S/C26H28ClN5O/c27-22-3-1-2-18(10-22)15-32-16-19(4-5-24(32)33)20-11-21-14-31-26(28)25(21)23(12-20)30-13-17-6-8-29-9-7-17/h1-5,10-12,16-17,29-30H,6-9,13-15H2,(H2,28,31). The second-order valence-corrected chi connectivity index (χ2v) is 9.28. The molecule has 0 bridgehead atoms. The molecule has 6 nitrogen and oxygen atoms in total. The first-order valence-electron chi connectivity index (χ1n) is 11.4. The van der Waals surface area contributed by atoms with Crippen LogP contribution >= 0.6 is 11.6 Å². The van der Waals surface area contributed by atoms with E-state index < -0.39 is 0 Å². The number of halogens is 1. The van der Waals surface area contributed by atoms with Crippen LogP contribution in [0.2, 0.25) is 5.02 Å². The van der Waals surface area contributed by atoms with Gasteiger partial charge in [-0.25, -0.2) is 0 Å². The number of nitrogens with zero attached hydrogens (tertiary/aromatic N) is 2. The van der Waals surface area contributed by atoms with E-state index in [1.165, 1.54) is 12.8 Å². The highest BCUT2D eigenvalue weighted by Crippen LogP contribution is 2.32. The topological polar surface area (TPSA) is 84.4 Å². The Labute approximate surface area is 198 Å². The van der Waals surface area contributed by atoms with Crippen molar-refractivity contribution < 1.29 is 0 Å². The van der Waals surface area contributed by atoms with Crippen molar-refractivity contribution in [1.29, 1.82) is 0 Å². The van der Waals surface area contributed by atoms with Crippen LogP contribution < -0.4 is 21.9 Å². The molecule has 3 heterocycles. The predicted octanol–water partition coefficient (Wildman–Crippen LogP) is 3.85. The lowest BCUT2D eigenvalue weighted by atomic mass is 9.96. The number of hydrogen-bond acceptors (Lipinski definition) is 5. The van der Waals surface area contributed by atoms with Crippen LogP contribution in [0.5, 0.6) is 0 Å². The number of fused-ring (bicyclic) bond motifs is 1. The maximum atomic E-state index is 12.5. The number of amidine groups is 1. The molecule has 0 spiro atoms. The van der Waals surface area contributed by atoms with Gasteiger partial charge in [0.1, 0.15) is 5.84 Å². The van der Waals surface area contributed by atoms with Gasteiger partial charge in [0.2, 0.25) is 0 Å². The van der Waals surface area contributed by atoms with Gasteiger partial charge in [-0.15, -0.1) is 0 Å². The fourth-order valence-corrected chi connectivity index (χ4v) is 4.90. The third-order valence-corrected chi connectivity index (χ3v) is 6.73. The minimum Gasteiger partial charge on any atom is -0.384 e. The zero-order chi connectivity index (χ0) is 22.8. The highest BCUT2D eigenvalue weighted by atomic mass is 35.5. The zero-order valence-corrected chi connectivity index (χ0v) is 19.2. The molecule has 1 fully saturated rings. The van der Waals surface area contributed by atoms with Crippen molar-refractivity contribution in [3.63, 3.8) is 0 Å². The number of nitrogens with two attached hydrogens (primary N) is 1. The van der Waals surface area contributed by atoms with Crippen LogP contribution in [-0.2, 0) is 13.1 Å². The first kappa shape index (κ1) is 21.7. The van der Waals surface area contributed by atoms with Crippen molar-refractivity contribution in [3.05, 3.63) is 86.8 Å². The summed E-state index contributed by atoms with van der Waals surface area (Å²) in [4.78, 5) is 17.0. The second-order valence-electron chi connectivity index (χ2n) is 8.85. The molecular weight excluding hydrogens is 434 g/mol. The third-order valence-electron chi connectivity index (χ3n) is 6.49. The van der Waals surface area contributed by atoms with Gasteiger partial charge < -0.3 is 20.9 Å². The molecule has 0 unspecified atom stereocenters. The molecule has 1 aromatic heterocycles. The maximum Gasteiger partial charge on any atom is 0.250 e. The molecule has 4 N–H and O–H groups in total. The monoisotopic (exact) mass is 461 g/mol. The van der Waals surface area contributed by atoms with Gasteiger partial charge in [0, 0.05) is 35.1 Å². The van der Waals surface area contributed by atoms with Crippen LogP contribution in [-0.4, -0.2) is 30.0 Å². The molecular formula is C26H28ClN5O. The lowest BCUT2D eigenvalue weighted by molar-refractivity contribution is 0.390. The number of nitrogens with one attached hydrogen (secondary N) is 2. The van der Waals surface area contributed by atoms with Crippen molar-refractivity contribution in [2.75, 3.05) is 25.0 Å². The Balaban J connectivity index is 1.46. The third kappa shape index (κ3) is 4.82. The fourth-order valence-electron chi connectivity index (χ4n) is 4.68. The average molecular weight is 462 g/mol. The summed E-state index contributed by atoms with van der Waals surface area (Å²) in [6, 6.07) is 15.4. The molecule has 0 atom stereocenters. The average Bonchev–Trinajstić information content (AvgIpc) is 3.20. The highest BCUT2D eigenvalue weighted by Gasteiger charge is 2.21. The van der Waals surface area contributed by atoms with Crippen LogP contribution in [0.15, 0.2) is 64.5 Å². The Kier molecular flexibility index (Phi) is 6.20. The molecule has 33 heavy (non-hydrogen) atoms. The molecule has 170 valence electrons. The number of pyridine rings is 1. The van der Waals surface area contributed by atoms with E-state index in [9.17, 15) is 4.79 Å². The molecule has 0 radical (unpaired) electrons. The molecule has 2 aliphatic heterocycles. The number of rotatable bonds is 6. The van der Waals surface area contributed by atoms with Crippen molar-refractivity contribution in [1.82, 2.24) is 9.88 Å². The van der Waals surface area contributed by atoms with E-state index in [4.69, 9.17) is 17.3 Å². The van der Waals surface area contributed by atoms with Gasteiger partial charge in [-0.05, 0) is 84.4 Å². The smallest absolute Gasteiger partial charge is 0.250 e. The van der Waals surface area contributed by atoms with E-state index in [2.05, 4.69) is 27.8 Å². The number of aliphatic imine (C=N–C) groups is 1. The van der Waals surface area contributed by atoms with E-state index in [-0.39, 0.29) is 5.56 Å². The number of anilines is 1. The fraction of sp³-hybridized carbons (Fsp3) is 0.308. The van der Waals surface area contributed by atoms with Gasteiger partial charge in [0.25, 0.3) is 5.56 Å². The molecule has 7 heteroatoms. The SMILES string of the molecule is NC1=NCc2cc(-c3ccc(=O)n(Cc4cccc(Cl)c4)c3)cc(NCC3CCNCC3)c21. The molecule has 1 saturated heterocycles. The van der Waals surface area contributed by atoms with E-state index >= 15 is 0 Å². The van der Waals surface area contributed by atoms with E-state index in [1.807, 2.05) is 36.5 Å². The summed E-state index contributed by atoms with van der Waals surface area (Å²) in [6.45, 7) is 4.11. The number of hydrogen-bond donors (Lipinski definition) is 3. The molecule has 2 aliphatic rings. The van der Waals surface area contributed by atoms with E-state index in [0.717, 1.165) is 53.1 Å². The van der Waals surface area contributed by atoms with E-state index in [1.54, 1.807) is 10.6 Å². The summed E-state index contributed by atoms with van der Waals surface area (Å²) < 4.78 is 1.72. The maximum absolute atomic E-state index is 12.5. The van der Waals surface area contributed by atoms with Crippen molar-refractivity contribution in [2.45, 2.75) is 25.9 Å². The summed E-state index contributed by atoms with van der Waals surface area (Å²) >= 11 is 6.13. The number of piperidine rings is 1.